The summed E-state index contributed by atoms with van der Waals surface area (Å²) >= 11 is 0. The van der Waals surface area contributed by atoms with Gasteiger partial charge in [-0.1, -0.05) is 52.3 Å². The zero-order chi connectivity index (χ0) is 11.7. The van der Waals surface area contributed by atoms with Crippen LogP contribution in [0.4, 0.5) is 0 Å². The van der Waals surface area contributed by atoms with E-state index in [1.807, 2.05) is 26.1 Å². The lowest BCUT2D eigenvalue weighted by Crippen LogP contribution is -1.64. The number of para-hydroxylation sites is 1. The lowest BCUT2D eigenvalue weighted by Gasteiger charge is -1.86. The molecule has 2 rings (SSSR count). The highest BCUT2D eigenvalue weighted by Crippen LogP contribution is 2.15. The van der Waals surface area contributed by atoms with E-state index in [1.165, 1.54) is 22.9 Å². The van der Waals surface area contributed by atoms with Crippen LogP contribution in [-0.4, -0.2) is 4.98 Å². The molecule has 0 radical (unpaired) electrons. The van der Waals surface area contributed by atoms with E-state index >= 15 is 0 Å². The van der Waals surface area contributed by atoms with Crippen molar-refractivity contribution in [3.63, 3.8) is 0 Å². The zero-order valence-electron chi connectivity index (χ0n) is 10.6. The summed E-state index contributed by atoms with van der Waals surface area (Å²) in [6, 6.07) is 8.31. The van der Waals surface area contributed by atoms with E-state index in [0.717, 1.165) is 0 Å². The van der Waals surface area contributed by atoms with Crippen LogP contribution in [0, 0.1) is 6.92 Å². The van der Waals surface area contributed by atoms with Gasteiger partial charge in [0.15, 0.2) is 0 Å². The van der Waals surface area contributed by atoms with Gasteiger partial charge in [-0.25, -0.2) is 0 Å². The Bertz CT molecular complexity index is 366. The number of aromatic nitrogens is 1. The Labute approximate surface area is 95.0 Å². The molecular weight excluding hydrogens is 182 g/mol. The van der Waals surface area contributed by atoms with E-state index in [9.17, 15) is 0 Å². The molecule has 0 aliphatic carbocycles. The fraction of sp³-hybridized carbons (Fsp3) is 0.429. The molecule has 1 N–H and O–H groups in total. The highest BCUT2D eigenvalue weighted by Gasteiger charge is 1.94. The summed E-state index contributed by atoms with van der Waals surface area (Å²) in [6.45, 7) is 10.4. The molecule has 2 aromatic rings. The minimum atomic E-state index is 0. The Morgan fingerprint density at radius 2 is 1.67 bits per heavy atom. The van der Waals surface area contributed by atoms with Gasteiger partial charge >= 0.3 is 0 Å². The first-order valence-electron chi connectivity index (χ1n) is 5.82. The summed E-state index contributed by atoms with van der Waals surface area (Å²) < 4.78 is 0. The topological polar surface area (TPSA) is 15.8 Å². The summed E-state index contributed by atoms with van der Waals surface area (Å²) in [6.07, 6.45) is 3.28. The molecule has 0 aliphatic heterocycles. The van der Waals surface area contributed by atoms with E-state index in [-0.39, 0.29) is 1.43 Å². The fourth-order valence-corrected chi connectivity index (χ4v) is 1.22. The van der Waals surface area contributed by atoms with Crippen LogP contribution >= 0.6 is 0 Å². The zero-order valence-corrected chi connectivity index (χ0v) is 10.6. The molecule has 86 valence electrons. The lowest BCUT2D eigenvalue weighted by molar-refractivity contribution is 1.09. The van der Waals surface area contributed by atoms with Crippen LogP contribution in [0.15, 0.2) is 30.5 Å². The molecule has 0 spiro atoms. The van der Waals surface area contributed by atoms with Crippen LogP contribution in [0.25, 0.3) is 10.9 Å². The van der Waals surface area contributed by atoms with Gasteiger partial charge in [0.2, 0.25) is 0 Å². The fourth-order valence-electron chi connectivity index (χ4n) is 1.22. The molecular formula is C14H25N. The van der Waals surface area contributed by atoms with Crippen molar-refractivity contribution in [2.45, 2.75) is 41.0 Å². The minimum Gasteiger partial charge on any atom is -0.361 e. The van der Waals surface area contributed by atoms with Crippen LogP contribution in [0.1, 0.15) is 41.1 Å². The molecule has 0 saturated carbocycles. The number of rotatable bonds is 0. The molecule has 0 unspecified atom stereocenters. The standard InChI is InChI=1S/C9H9N.C3H8.C2H6.H2/c1-7-6-10-9-5-3-2-4-8(7)9;1-3-2;1-2;/h2-6,10H,1H3;3H2,1-2H3;1-2H3;1H. The predicted molar refractivity (Wildman–Crippen MR) is 72.5 cm³/mol. The van der Waals surface area contributed by atoms with Gasteiger partial charge in [0.25, 0.3) is 0 Å². The van der Waals surface area contributed by atoms with Crippen LogP contribution in [0.3, 0.4) is 0 Å². The highest BCUT2D eigenvalue weighted by molar-refractivity contribution is 5.82. The maximum absolute atomic E-state index is 3.19. The minimum absolute atomic E-state index is 0. The quantitative estimate of drug-likeness (QED) is 0.613. The van der Waals surface area contributed by atoms with Crippen molar-refractivity contribution in [1.82, 2.24) is 4.98 Å². The Balaban J connectivity index is 0. The van der Waals surface area contributed by atoms with Crippen molar-refractivity contribution in [1.29, 1.82) is 0 Å². The molecule has 0 fully saturated rings. The van der Waals surface area contributed by atoms with E-state index in [4.69, 9.17) is 0 Å². The van der Waals surface area contributed by atoms with Gasteiger partial charge in [0.05, 0.1) is 0 Å². The number of fused-ring (bicyclic) bond motifs is 1. The molecule has 1 aromatic carbocycles. The van der Waals surface area contributed by atoms with Crippen LogP contribution in [0.2, 0.25) is 0 Å². The number of H-pyrrole nitrogens is 1. The first kappa shape index (κ1) is 13.8. The van der Waals surface area contributed by atoms with Gasteiger partial charge in [0.1, 0.15) is 0 Å². The smallest absolute Gasteiger partial charge is 0.0456 e. The Morgan fingerprint density at radius 1 is 1.13 bits per heavy atom. The van der Waals surface area contributed by atoms with Crippen LogP contribution in [-0.2, 0) is 0 Å². The normalized spacial score (nSPS) is 8.60. The van der Waals surface area contributed by atoms with Gasteiger partial charge in [0, 0.05) is 18.5 Å². The number of benzene rings is 1. The third-order valence-corrected chi connectivity index (χ3v) is 1.80. The molecule has 15 heavy (non-hydrogen) atoms. The van der Waals surface area contributed by atoms with Crippen LogP contribution in [0.5, 0.6) is 0 Å². The van der Waals surface area contributed by atoms with Crippen molar-refractivity contribution in [2.24, 2.45) is 0 Å². The van der Waals surface area contributed by atoms with E-state index < -0.39 is 0 Å². The predicted octanol–water partition coefficient (Wildman–Crippen LogP) is 5.16. The number of aromatic amines is 1. The molecule has 0 atom stereocenters. The second-order valence-electron chi connectivity index (χ2n) is 3.22. The molecule has 0 amide bonds. The molecule has 1 heterocycles. The summed E-state index contributed by atoms with van der Waals surface area (Å²) in [4.78, 5) is 3.19. The lowest BCUT2D eigenvalue weighted by atomic mass is 10.2. The Morgan fingerprint density at radius 3 is 2.20 bits per heavy atom. The van der Waals surface area contributed by atoms with Crippen molar-refractivity contribution < 1.29 is 1.43 Å². The van der Waals surface area contributed by atoms with Crippen LogP contribution < -0.4 is 0 Å². The number of nitrogens with one attached hydrogen (secondary N) is 1. The Kier molecular flexibility index (Phi) is 7.43. The SMILES string of the molecule is CC.CCC.Cc1c[nH]c2ccccc12.[HH]. The summed E-state index contributed by atoms with van der Waals surface area (Å²) in [5.74, 6) is 0. The third-order valence-electron chi connectivity index (χ3n) is 1.80. The first-order chi connectivity index (χ1) is 7.29. The van der Waals surface area contributed by atoms with Crippen molar-refractivity contribution >= 4 is 10.9 Å². The second-order valence-corrected chi connectivity index (χ2v) is 3.22. The monoisotopic (exact) mass is 207 g/mol. The van der Waals surface area contributed by atoms with Gasteiger partial charge in [-0.2, -0.15) is 0 Å². The van der Waals surface area contributed by atoms with Gasteiger partial charge in [-0.05, 0) is 18.6 Å². The number of hydrogen-bond donors (Lipinski definition) is 1. The van der Waals surface area contributed by atoms with Crippen molar-refractivity contribution in [3.8, 4) is 0 Å². The maximum Gasteiger partial charge on any atom is 0.0456 e. The summed E-state index contributed by atoms with van der Waals surface area (Å²) in [5, 5.41) is 1.32. The average molecular weight is 207 g/mol. The van der Waals surface area contributed by atoms with E-state index in [1.54, 1.807) is 0 Å². The summed E-state index contributed by atoms with van der Waals surface area (Å²) in [7, 11) is 0. The van der Waals surface area contributed by atoms with E-state index in [2.05, 4.69) is 44.0 Å². The average Bonchev–Trinajstić information content (AvgIpc) is 2.65. The number of hydrogen-bond acceptors (Lipinski definition) is 0. The molecule has 0 aliphatic rings. The second kappa shape index (κ2) is 8.10. The molecule has 0 saturated heterocycles. The molecule has 1 aromatic heterocycles. The van der Waals surface area contributed by atoms with Crippen molar-refractivity contribution in [3.05, 3.63) is 36.0 Å². The van der Waals surface area contributed by atoms with E-state index in [0.29, 0.717) is 0 Å². The number of aryl methyl sites for hydroxylation is 1. The molecule has 1 heteroatoms. The molecule has 0 bridgehead atoms. The highest BCUT2D eigenvalue weighted by atomic mass is 14.7. The van der Waals surface area contributed by atoms with Gasteiger partial charge in [-0.15, -0.1) is 0 Å². The third kappa shape index (κ3) is 4.20. The first-order valence-corrected chi connectivity index (χ1v) is 5.82. The Hall–Kier alpha value is -1.24. The van der Waals surface area contributed by atoms with Gasteiger partial charge in [-0.3, -0.25) is 0 Å². The van der Waals surface area contributed by atoms with Gasteiger partial charge < -0.3 is 4.98 Å². The molecule has 1 nitrogen and oxygen atoms in total. The maximum atomic E-state index is 3.19. The summed E-state index contributed by atoms with van der Waals surface area (Å²) in [5.41, 5.74) is 2.54. The van der Waals surface area contributed by atoms with Crippen molar-refractivity contribution in [2.75, 3.05) is 0 Å². The largest absolute Gasteiger partial charge is 0.361 e.